The highest BCUT2D eigenvalue weighted by atomic mass is 35.5. The van der Waals surface area contributed by atoms with E-state index >= 15 is 0 Å². The zero-order chi connectivity index (χ0) is 17.5. The van der Waals surface area contributed by atoms with Gasteiger partial charge in [-0.15, -0.1) is 0 Å². The van der Waals surface area contributed by atoms with E-state index in [0.717, 1.165) is 28.3 Å². The van der Waals surface area contributed by atoms with Gasteiger partial charge in [0.2, 0.25) is 0 Å². The van der Waals surface area contributed by atoms with Crippen molar-refractivity contribution in [3.05, 3.63) is 64.2 Å². The van der Waals surface area contributed by atoms with E-state index in [1.807, 2.05) is 56.3 Å². The Morgan fingerprint density at radius 3 is 2.46 bits per heavy atom. The van der Waals surface area contributed by atoms with Gasteiger partial charge in [-0.25, -0.2) is 0 Å². The molecule has 2 aromatic rings. The second-order valence-electron chi connectivity index (χ2n) is 5.93. The number of amides is 1. The highest BCUT2D eigenvalue weighted by molar-refractivity contribution is 6.30. The number of carbonyl (C=O) groups excluding carboxylic acids is 1. The van der Waals surface area contributed by atoms with Gasteiger partial charge < -0.3 is 10.1 Å². The molecule has 0 aromatic heterocycles. The van der Waals surface area contributed by atoms with E-state index in [2.05, 4.69) is 12.2 Å². The summed E-state index contributed by atoms with van der Waals surface area (Å²) in [6.45, 7) is 6.62. The minimum absolute atomic E-state index is 0.0790. The largest absolute Gasteiger partial charge is 0.481 e. The Bertz CT molecular complexity index is 683. The van der Waals surface area contributed by atoms with Crippen LogP contribution in [0.2, 0.25) is 5.02 Å². The van der Waals surface area contributed by atoms with Crippen LogP contribution in [0.5, 0.6) is 5.75 Å². The van der Waals surface area contributed by atoms with Gasteiger partial charge in [-0.2, -0.15) is 0 Å². The van der Waals surface area contributed by atoms with Crippen molar-refractivity contribution in [1.29, 1.82) is 0 Å². The van der Waals surface area contributed by atoms with Crippen molar-refractivity contribution in [2.75, 3.05) is 6.54 Å². The van der Waals surface area contributed by atoms with Crippen molar-refractivity contribution >= 4 is 17.5 Å². The molecule has 3 nitrogen and oxygen atoms in total. The van der Waals surface area contributed by atoms with Crippen molar-refractivity contribution in [3.63, 3.8) is 0 Å². The number of aryl methyl sites for hydroxylation is 2. The van der Waals surface area contributed by atoms with Crippen LogP contribution in [0.1, 0.15) is 30.0 Å². The minimum Gasteiger partial charge on any atom is -0.481 e. The summed E-state index contributed by atoms with van der Waals surface area (Å²) in [5.74, 6) is 0.655. The van der Waals surface area contributed by atoms with Crippen LogP contribution in [-0.4, -0.2) is 18.6 Å². The van der Waals surface area contributed by atoms with Crippen LogP contribution in [0.3, 0.4) is 0 Å². The first kappa shape index (κ1) is 18.3. The van der Waals surface area contributed by atoms with Gasteiger partial charge in [0.05, 0.1) is 0 Å². The van der Waals surface area contributed by atoms with Crippen molar-refractivity contribution in [2.24, 2.45) is 0 Å². The fraction of sp³-hybridized carbons (Fsp3) is 0.350. The summed E-state index contributed by atoms with van der Waals surface area (Å²) in [7, 11) is 0. The Morgan fingerprint density at radius 1 is 1.12 bits per heavy atom. The first-order valence-electron chi connectivity index (χ1n) is 8.25. The third kappa shape index (κ3) is 5.27. The summed E-state index contributed by atoms with van der Waals surface area (Å²) < 4.78 is 5.85. The molecule has 128 valence electrons. The Hall–Kier alpha value is -2.00. The lowest BCUT2D eigenvalue weighted by Gasteiger charge is -2.18. The van der Waals surface area contributed by atoms with Crippen molar-refractivity contribution < 1.29 is 9.53 Å². The van der Waals surface area contributed by atoms with E-state index in [0.29, 0.717) is 13.0 Å². The molecule has 1 amide bonds. The zero-order valence-corrected chi connectivity index (χ0v) is 15.2. The van der Waals surface area contributed by atoms with Crippen LogP contribution in [0.15, 0.2) is 42.5 Å². The number of rotatable bonds is 7. The molecule has 0 spiro atoms. The minimum atomic E-state index is -0.475. The van der Waals surface area contributed by atoms with E-state index in [4.69, 9.17) is 16.3 Å². The van der Waals surface area contributed by atoms with Crippen LogP contribution in [0.25, 0.3) is 0 Å². The molecule has 0 bridgehead atoms. The molecule has 0 heterocycles. The maximum atomic E-state index is 12.3. The van der Waals surface area contributed by atoms with Gasteiger partial charge in [-0.05, 0) is 67.6 Å². The molecule has 0 fully saturated rings. The van der Waals surface area contributed by atoms with Gasteiger partial charge in [0.25, 0.3) is 5.91 Å². The SMILES string of the molecule is CC[C@H](Oc1ccc(C)c(C)c1)C(=O)NCCc1ccc(Cl)cc1. The summed E-state index contributed by atoms with van der Waals surface area (Å²) in [4.78, 5) is 12.3. The summed E-state index contributed by atoms with van der Waals surface area (Å²) in [6, 6.07) is 13.5. The maximum absolute atomic E-state index is 12.3. The van der Waals surface area contributed by atoms with E-state index in [1.54, 1.807) is 0 Å². The number of hydrogen-bond acceptors (Lipinski definition) is 2. The predicted molar refractivity (Wildman–Crippen MR) is 98.8 cm³/mol. The van der Waals surface area contributed by atoms with Crippen molar-refractivity contribution in [2.45, 2.75) is 39.7 Å². The summed E-state index contributed by atoms with van der Waals surface area (Å²) >= 11 is 5.87. The molecule has 1 N–H and O–H groups in total. The van der Waals surface area contributed by atoms with Gasteiger partial charge in [-0.1, -0.05) is 36.7 Å². The molecule has 0 aliphatic carbocycles. The summed E-state index contributed by atoms with van der Waals surface area (Å²) in [5, 5.41) is 3.66. The second-order valence-corrected chi connectivity index (χ2v) is 6.36. The average Bonchev–Trinajstić information content (AvgIpc) is 2.57. The number of halogens is 1. The van der Waals surface area contributed by atoms with Crippen LogP contribution >= 0.6 is 11.6 Å². The lowest BCUT2D eigenvalue weighted by molar-refractivity contribution is -0.128. The summed E-state index contributed by atoms with van der Waals surface area (Å²) in [6.07, 6.45) is 0.917. The average molecular weight is 346 g/mol. The molecule has 0 aliphatic heterocycles. The Kier molecular flexibility index (Phi) is 6.68. The van der Waals surface area contributed by atoms with Crippen molar-refractivity contribution in [3.8, 4) is 5.75 Å². The van der Waals surface area contributed by atoms with Crippen LogP contribution in [0.4, 0.5) is 0 Å². The third-order valence-corrected chi connectivity index (χ3v) is 4.30. The van der Waals surface area contributed by atoms with Gasteiger partial charge in [-0.3, -0.25) is 4.79 Å². The molecule has 24 heavy (non-hydrogen) atoms. The number of ether oxygens (including phenoxy) is 1. The van der Waals surface area contributed by atoms with Gasteiger partial charge in [0.15, 0.2) is 6.10 Å². The monoisotopic (exact) mass is 345 g/mol. The maximum Gasteiger partial charge on any atom is 0.261 e. The Balaban J connectivity index is 1.86. The lowest BCUT2D eigenvalue weighted by Crippen LogP contribution is -2.38. The fourth-order valence-electron chi connectivity index (χ4n) is 2.37. The quantitative estimate of drug-likeness (QED) is 0.803. The molecular formula is C20H24ClNO2. The topological polar surface area (TPSA) is 38.3 Å². The normalized spacial score (nSPS) is 11.8. The second kappa shape index (κ2) is 8.74. The van der Waals surface area contributed by atoms with E-state index in [9.17, 15) is 4.79 Å². The van der Waals surface area contributed by atoms with E-state index < -0.39 is 6.10 Å². The van der Waals surface area contributed by atoms with Gasteiger partial charge in [0, 0.05) is 11.6 Å². The Morgan fingerprint density at radius 2 is 1.83 bits per heavy atom. The molecule has 2 rings (SSSR count). The van der Waals surface area contributed by atoms with Crippen molar-refractivity contribution in [1.82, 2.24) is 5.32 Å². The van der Waals surface area contributed by atoms with E-state index in [1.165, 1.54) is 5.56 Å². The molecular weight excluding hydrogens is 322 g/mol. The highest BCUT2D eigenvalue weighted by Crippen LogP contribution is 2.18. The number of hydrogen-bond donors (Lipinski definition) is 1. The molecule has 0 unspecified atom stereocenters. The van der Waals surface area contributed by atoms with Gasteiger partial charge in [0.1, 0.15) is 5.75 Å². The fourth-order valence-corrected chi connectivity index (χ4v) is 2.49. The third-order valence-electron chi connectivity index (χ3n) is 4.05. The Labute approximate surface area is 149 Å². The highest BCUT2D eigenvalue weighted by Gasteiger charge is 2.18. The first-order chi connectivity index (χ1) is 11.5. The molecule has 0 saturated heterocycles. The predicted octanol–water partition coefficient (Wildman–Crippen LogP) is 4.47. The number of nitrogens with one attached hydrogen (secondary N) is 1. The number of benzene rings is 2. The molecule has 0 saturated carbocycles. The molecule has 2 aromatic carbocycles. The van der Waals surface area contributed by atoms with E-state index in [-0.39, 0.29) is 5.91 Å². The lowest BCUT2D eigenvalue weighted by atomic mass is 10.1. The zero-order valence-electron chi connectivity index (χ0n) is 14.4. The standard InChI is InChI=1S/C20H24ClNO2/c1-4-19(24-18-10-5-14(2)15(3)13-18)20(23)22-12-11-16-6-8-17(21)9-7-16/h5-10,13,19H,4,11-12H2,1-3H3,(H,22,23)/t19-/m0/s1. The molecule has 1 atom stereocenters. The van der Waals surface area contributed by atoms with Crippen LogP contribution in [0, 0.1) is 13.8 Å². The molecule has 0 aliphatic rings. The number of carbonyl (C=O) groups is 1. The first-order valence-corrected chi connectivity index (χ1v) is 8.63. The summed E-state index contributed by atoms with van der Waals surface area (Å²) in [5.41, 5.74) is 3.51. The molecule has 0 radical (unpaired) electrons. The van der Waals surface area contributed by atoms with Crippen LogP contribution < -0.4 is 10.1 Å². The van der Waals surface area contributed by atoms with Crippen LogP contribution in [-0.2, 0) is 11.2 Å². The smallest absolute Gasteiger partial charge is 0.261 e. The molecule has 4 heteroatoms. The van der Waals surface area contributed by atoms with Gasteiger partial charge >= 0.3 is 0 Å².